The van der Waals surface area contributed by atoms with Gasteiger partial charge in [-0.3, -0.25) is 5.41 Å². The number of methoxy groups -OCH3 is 2. The molecule has 6 heteroatoms. The molecule has 6 nitrogen and oxygen atoms in total. The van der Waals surface area contributed by atoms with Crippen molar-refractivity contribution in [3.05, 3.63) is 23.8 Å². The highest BCUT2D eigenvalue weighted by molar-refractivity contribution is 6.06. The summed E-state index contributed by atoms with van der Waals surface area (Å²) < 4.78 is 10.6. The summed E-state index contributed by atoms with van der Waals surface area (Å²) in [5.41, 5.74) is 7.24. The standard InChI is InChI=1S/C13H18N4O2/c1-8-7-17(13(14)15)16-12(8)10-5-4-9(18-2)6-11(10)19-3/h4-6,8H,7H2,1-3H3,(H3,14,15). The van der Waals surface area contributed by atoms with Crippen LogP contribution in [0.2, 0.25) is 0 Å². The largest absolute Gasteiger partial charge is 0.497 e. The molecule has 0 bridgehead atoms. The van der Waals surface area contributed by atoms with Crippen LogP contribution < -0.4 is 15.2 Å². The first-order valence-electron chi connectivity index (χ1n) is 5.99. The minimum Gasteiger partial charge on any atom is -0.497 e. The van der Waals surface area contributed by atoms with E-state index in [1.165, 1.54) is 5.01 Å². The molecule has 1 aliphatic rings. The van der Waals surface area contributed by atoms with Gasteiger partial charge < -0.3 is 15.2 Å². The maximum Gasteiger partial charge on any atom is 0.209 e. The molecule has 0 aromatic heterocycles. The number of rotatable bonds is 3. The fourth-order valence-electron chi connectivity index (χ4n) is 2.10. The highest BCUT2D eigenvalue weighted by Crippen LogP contribution is 2.29. The lowest BCUT2D eigenvalue weighted by molar-refractivity contribution is 0.393. The minimum absolute atomic E-state index is 0.0469. The first kappa shape index (κ1) is 13.2. The fraction of sp³-hybridized carbons (Fsp3) is 0.385. The van der Waals surface area contributed by atoms with Gasteiger partial charge in [0.25, 0.3) is 0 Å². The lowest BCUT2D eigenvalue weighted by Crippen LogP contribution is -2.31. The molecule has 1 aliphatic heterocycles. The van der Waals surface area contributed by atoms with Crippen LogP contribution >= 0.6 is 0 Å². The van der Waals surface area contributed by atoms with Crippen molar-refractivity contribution in [1.82, 2.24) is 5.01 Å². The molecule has 102 valence electrons. The van der Waals surface area contributed by atoms with E-state index >= 15 is 0 Å². The van der Waals surface area contributed by atoms with Crippen molar-refractivity contribution in [3.63, 3.8) is 0 Å². The first-order chi connectivity index (χ1) is 9.06. The van der Waals surface area contributed by atoms with E-state index in [2.05, 4.69) is 5.10 Å². The van der Waals surface area contributed by atoms with Crippen LogP contribution in [0.5, 0.6) is 11.5 Å². The predicted molar refractivity (Wildman–Crippen MR) is 73.9 cm³/mol. The number of hydrazone groups is 1. The van der Waals surface area contributed by atoms with Gasteiger partial charge in [-0.1, -0.05) is 6.92 Å². The number of ether oxygens (including phenoxy) is 2. The molecule has 0 aliphatic carbocycles. The molecule has 0 saturated heterocycles. The number of guanidine groups is 1. The van der Waals surface area contributed by atoms with Gasteiger partial charge in [0.2, 0.25) is 5.96 Å². The van der Waals surface area contributed by atoms with Crippen molar-refractivity contribution >= 4 is 11.7 Å². The quantitative estimate of drug-likeness (QED) is 0.634. The van der Waals surface area contributed by atoms with E-state index in [-0.39, 0.29) is 11.9 Å². The third-order valence-electron chi connectivity index (χ3n) is 3.10. The number of nitrogens with zero attached hydrogens (tertiary/aromatic N) is 2. The molecule has 0 radical (unpaired) electrons. The SMILES string of the molecule is COc1ccc(C2=NN(C(=N)N)CC2C)c(OC)c1. The van der Waals surface area contributed by atoms with Crippen LogP contribution in [0.3, 0.4) is 0 Å². The minimum atomic E-state index is -0.0469. The molecule has 1 aromatic rings. The molecule has 19 heavy (non-hydrogen) atoms. The maximum absolute atomic E-state index is 7.44. The van der Waals surface area contributed by atoms with Crippen molar-refractivity contribution in [3.8, 4) is 11.5 Å². The molecule has 0 fully saturated rings. The zero-order chi connectivity index (χ0) is 14.0. The number of hydrogen-bond donors (Lipinski definition) is 2. The second-order valence-electron chi connectivity index (χ2n) is 4.42. The third-order valence-corrected chi connectivity index (χ3v) is 3.10. The third kappa shape index (κ3) is 2.47. The Balaban J connectivity index is 2.41. The predicted octanol–water partition coefficient (Wildman–Crippen LogP) is 1.25. The van der Waals surface area contributed by atoms with Gasteiger partial charge >= 0.3 is 0 Å². The fourth-order valence-corrected chi connectivity index (χ4v) is 2.10. The van der Waals surface area contributed by atoms with E-state index < -0.39 is 0 Å². The topological polar surface area (TPSA) is 83.9 Å². The van der Waals surface area contributed by atoms with Crippen LogP contribution in [0.25, 0.3) is 0 Å². The van der Waals surface area contributed by atoms with Crippen LogP contribution in [0.4, 0.5) is 0 Å². The highest BCUT2D eigenvalue weighted by Gasteiger charge is 2.27. The maximum atomic E-state index is 7.44. The van der Waals surface area contributed by atoms with Gasteiger partial charge in [-0.15, -0.1) is 0 Å². The molecule has 1 atom stereocenters. The van der Waals surface area contributed by atoms with Gasteiger partial charge in [0.05, 0.1) is 26.5 Å². The van der Waals surface area contributed by atoms with E-state index in [4.69, 9.17) is 20.6 Å². The van der Waals surface area contributed by atoms with Crippen molar-refractivity contribution in [2.75, 3.05) is 20.8 Å². The Morgan fingerprint density at radius 2 is 2.16 bits per heavy atom. The van der Waals surface area contributed by atoms with Gasteiger partial charge in [-0.05, 0) is 12.1 Å². The normalized spacial score (nSPS) is 18.2. The van der Waals surface area contributed by atoms with Crippen LogP contribution in [-0.2, 0) is 0 Å². The monoisotopic (exact) mass is 262 g/mol. The van der Waals surface area contributed by atoms with Gasteiger partial charge in [-0.2, -0.15) is 5.10 Å². The van der Waals surface area contributed by atoms with E-state index in [0.29, 0.717) is 12.3 Å². The van der Waals surface area contributed by atoms with Crippen LogP contribution in [0.1, 0.15) is 12.5 Å². The average molecular weight is 262 g/mol. The van der Waals surface area contributed by atoms with E-state index in [1.54, 1.807) is 14.2 Å². The van der Waals surface area contributed by atoms with Gasteiger partial charge in [0.1, 0.15) is 11.5 Å². The smallest absolute Gasteiger partial charge is 0.209 e. The Hall–Kier alpha value is -2.24. The zero-order valence-electron chi connectivity index (χ0n) is 11.3. The number of hydrogen-bond acceptors (Lipinski definition) is 4. The molecule has 1 unspecified atom stereocenters. The van der Waals surface area contributed by atoms with Crippen molar-refractivity contribution < 1.29 is 9.47 Å². The molecular weight excluding hydrogens is 244 g/mol. The summed E-state index contributed by atoms with van der Waals surface area (Å²) in [6.07, 6.45) is 0. The van der Waals surface area contributed by atoms with E-state index in [9.17, 15) is 0 Å². The summed E-state index contributed by atoms with van der Waals surface area (Å²) in [5, 5.41) is 13.3. The van der Waals surface area contributed by atoms with Crippen LogP contribution in [-0.4, -0.2) is 37.4 Å². The summed E-state index contributed by atoms with van der Waals surface area (Å²) in [6.45, 7) is 2.66. The lowest BCUT2D eigenvalue weighted by atomic mass is 9.98. The molecule has 2 rings (SSSR count). The molecule has 3 N–H and O–H groups in total. The highest BCUT2D eigenvalue weighted by atomic mass is 16.5. The first-order valence-corrected chi connectivity index (χ1v) is 5.99. The van der Waals surface area contributed by atoms with Gasteiger partial charge in [-0.25, -0.2) is 5.01 Å². The zero-order valence-corrected chi connectivity index (χ0v) is 11.3. The molecule has 0 saturated carbocycles. The molecule has 0 spiro atoms. The summed E-state index contributed by atoms with van der Waals surface area (Å²) in [6, 6.07) is 5.60. The summed E-state index contributed by atoms with van der Waals surface area (Å²) in [4.78, 5) is 0. The van der Waals surface area contributed by atoms with Gasteiger partial charge in [0, 0.05) is 17.5 Å². The Kier molecular flexibility index (Phi) is 3.59. The number of nitrogens with two attached hydrogens (primary N) is 1. The molecule has 0 amide bonds. The van der Waals surface area contributed by atoms with E-state index in [1.807, 2.05) is 25.1 Å². The number of benzene rings is 1. The van der Waals surface area contributed by atoms with Crippen LogP contribution in [0, 0.1) is 11.3 Å². The molecule has 1 heterocycles. The van der Waals surface area contributed by atoms with Crippen molar-refractivity contribution in [1.29, 1.82) is 5.41 Å². The summed E-state index contributed by atoms with van der Waals surface area (Å²) >= 11 is 0. The summed E-state index contributed by atoms with van der Waals surface area (Å²) in [5.74, 6) is 1.58. The summed E-state index contributed by atoms with van der Waals surface area (Å²) in [7, 11) is 3.23. The second kappa shape index (κ2) is 5.17. The van der Waals surface area contributed by atoms with Crippen molar-refractivity contribution in [2.45, 2.75) is 6.92 Å². The Labute approximate surface area is 112 Å². The van der Waals surface area contributed by atoms with Gasteiger partial charge in [0.15, 0.2) is 0 Å². The Morgan fingerprint density at radius 3 is 2.68 bits per heavy atom. The number of nitrogens with one attached hydrogen (secondary N) is 1. The van der Waals surface area contributed by atoms with Crippen molar-refractivity contribution in [2.24, 2.45) is 16.8 Å². The Bertz CT molecular complexity index is 527. The molecular formula is C13H18N4O2. The average Bonchev–Trinajstić information content (AvgIpc) is 2.80. The lowest BCUT2D eigenvalue weighted by Gasteiger charge is -2.12. The Morgan fingerprint density at radius 1 is 1.42 bits per heavy atom. The van der Waals surface area contributed by atoms with Crippen LogP contribution in [0.15, 0.2) is 23.3 Å². The van der Waals surface area contributed by atoms with E-state index in [0.717, 1.165) is 17.0 Å². The second-order valence-corrected chi connectivity index (χ2v) is 4.42. The molecule has 1 aromatic carbocycles.